The molecule has 0 spiro atoms. The summed E-state index contributed by atoms with van der Waals surface area (Å²) in [6.07, 6.45) is 0.222. The highest BCUT2D eigenvalue weighted by Gasteiger charge is 2.45. The van der Waals surface area contributed by atoms with E-state index in [1.807, 2.05) is 0 Å². The summed E-state index contributed by atoms with van der Waals surface area (Å²) in [5.41, 5.74) is 0.0590. The number of rotatable bonds is 4. The van der Waals surface area contributed by atoms with Crippen LogP contribution in [0.5, 0.6) is 0 Å². The van der Waals surface area contributed by atoms with Gasteiger partial charge in [-0.3, -0.25) is 10.1 Å². The highest BCUT2D eigenvalue weighted by atomic mass is 16.6. The molecule has 0 bridgehead atoms. The zero-order chi connectivity index (χ0) is 14.8. The second-order valence-corrected chi connectivity index (χ2v) is 4.46. The maximum Gasteiger partial charge on any atom is 0.340 e. The smallest absolute Gasteiger partial charge is 0.340 e. The van der Waals surface area contributed by atoms with Crippen molar-refractivity contribution in [3.8, 4) is 0 Å². The Labute approximate surface area is 115 Å². The predicted octanol–water partition coefficient (Wildman–Crippen LogP) is 2.07. The fourth-order valence-electron chi connectivity index (χ4n) is 2.06. The molecule has 1 heterocycles. The van der Waals surface area contributed by atoms with Crippen molar-refractivity contribution in [2.45, 2.75) is 12.0 Å². The molecule has 104 valence electrons. The quantitative estimate of drug-likeness (QED) is 0.364. The fourth-order valence-corrected chi connectivity index (χ4v) is 2.06. The number of nitrogens with zero attached hydrogens (tertiary/aromatic N) is 3. The summed E-state index contributed by atoms with van der Waals surface area (Å²) in [7, 11) is 1.28. The standard InChI is InChI=1S/C13H13N3O4/c1-9-8-14-15-13(9,12(17)20-2)7-10-3-5-11(6-4-10)16(18)19/h3-6H,1,7-8H2,2H3. The molecule has 0 fully saturated rings. The van der Waals surface area contributed by atoms with Crippen molar-refractivity contribution in [1.82, 2.24) is 0 Å². The maximum atomic E-state index is 12.0. The van der Waals surface area contributed by atoms with Gasteiger partial charge in [0, 0.05) is 18.6 Å². The highest BCUT2D eigenvalue weighted by Crippen LogP contribution is 2.32. The SMILES string of the molecule is C=C1CN=NC1(Cc1ccc([N+](=O)[O-])cc1)C(=O)OC. The molecule has 20 heavy (non-hydrogen) atoms. The third kappa shape index (κ3) is 2.29. The van der Waals surface area contributed by atoms with Crippen LogP contribution < -0.4 is 0 Å². The summed E-state index contributed by atoms with van der Waals surface area (Å²) in [6.45, 7) is 4.10. The van der Waals surface area contributed by atoms with Crippen molar-refractivity contribution in [3.05, 3.63) is 52.1 Å². The molecule has 1 aliphatic heterocycles. The fraction of sp³-hybridized carbons (Fsp3) is 0.308. The molecule has 0 radical (unpaired) electrons. The van der Waals surface area contributed by atoms with Gasteiger partial charge in [0.25, 0.3) is 5.69 Å². The average Bonchev–Trinajstić information content (AvgIpc) is 2.81. The molecular formula is C13H13N3O4. The van der Waals surface area contributed by atoms with Crippen LogP contribution >= 0.6 is 0 Å². The zero-order valence-corrected chi connectivity index (χ0v) is 10.9. The number of esters is 1. The Bertz CT molecular complexity index is 594. The van der Waals surface area contributed by atoms with Crippen molar-refractivity contribution >= 4 is 11.7 Å². The lowest BCUT2D eigenvalue weighted by molar-refractivity contribution is -0.384. The van der Waals surface area contributed by atoms with E-state index in [4.69, 9.17) is 4.74 Å². The molecule has 7 nitrogen and oxygen atoms in total. The lowest BCUT2D eigenvalue weighted by atomic mass is 9.86. The number of non-ortho nitro benzene ring substituents is 1. The number of azo groups is 1. The molecule has 0 N–H and O–H groups in total. The Morgan fingerprint density at radius 3 is 2.60 bits per heavy atom. The molecule has 0 amide bonds. The molecule has 0 aromatic heterocycles. The van der Waals surface area contributed by atoms with Crippen LogP contribution in [0.2, 0.25) is 0 Å². The maximum absolute atomic E-state index is 12.0. The molecule has 1 aromatic rings. The van der Waals surface area contributed by atoms with E-state index in [9.17, 15) is 14.9 Å². The van der Waals surface area contributed by atoms with Gasteiger partial charge in [0.15, 0.2) is 0 Å². The molecule has 1 unspecified atom stereocenters. The Hall–Kier alpha value is -2.57. The normalized spacial score (nSPS) is 20.9. The minimum atomic E-state index is -1.22. The number of methoxy groups -OCH3 is 1. The van der Waals surface area contributed by atoms with Crippen molar-refractivity contribution in [2.24, 2.45) is 10.2 Å². The van der Waals surface area contributed by atoms with E-state index in [2.05, 4.69) is 16.8 Å². The van der Waals surface area contributed by atoms with E-state index in [0.29, 0.717) is 5.57 Å². The van der Waals surface area contributed by atoms with Crippen LogP contribution in [0.3, 0.4) is 0 Å². The molecule has 0 aliphatic carbocycles. The van der Waals surface area contributed by atoms with Crippen LogP contribution in [-0.2, 0) is 16.0 Å². The van der Waals surface area contributed by atoms with E-state index < -0.39 is 16.4 Å². The van der Waals surface area contributed by atoms with Gasteiger partial charge >= 0.3 is 5.97 Å². The van der Waals surface area contributed by atoms with Gasteiger partial charge in [0.05, 0.1) is 18.6 Å². The molecular weight excluding hydrogens is 262 g/mol. The Morgan fingerprint density at radius 1 is 1.50 bits per heavy atom. The first-order valence-electron chi connectivity index (χ1n) is 5.88. The number of ether oxygens (including phenoxy) is 1. The second kappa shape index (κ2) is 5.20. The van der Waals surface area contributed by atoms with Gasteiger partial charge in [-0.25, -0.2) is 4.79 Å². The largest absolute Gasteiger partial charge is 0.467 e. The summed E-state index contributed by atoms with van der Waals surface area (Å²) in [5, 5.41) is 18.4. The second-order valence-electron chi connectivity index (χ2n) is 4.46. The van der Waals surface area contributed by atoms with Crippen LogP contribution in [0.15, 0.2) is 46.6 Å². The Morgan fingerprint density at radius 2 is 2.15 bits per heavy atom. The van der Waals surface area contributed by atoms with Gasteiger partial charge in [-0.05, 0) is 11.1 Å². The Kier molecular flexibility index (Phi) is 3.60. The first-order chi connectivity index (χ1) is 9.49. The van der Waals surface area contributed by atoms with Crippen molar-refractivity contribution in [2.75, 3.05) is 13.7 Å². The summed E-state index contributed by atoms with van der Waals surface area (Å²) in [6, 6.07) is 5.94. The molecule has 1 aromatic carbocycles. The number of carbonyl (C=O) groups is 1. The molecule has 2 rings (SSSR count). The molecule has 7 heteroatoms. The van der Waals surface area contributed by atoms with Crippen molar-refractivity contribution in [3.63, 3.8) is 0 Å². The number of nitro benzene ring substituents is 1. The average molecular weight is 275 g/mol. The van der Waals surface area contributed by atoms with Crippen molar-refractivity contribution in [1.29, 1.82) is 0 Å². The number of benzene rings is 1. The minimum absolute atomic E-state index is 0.00672. The van der Waals surface area contributed by atoms with E-state index in [1.165, 1.54) is 19.2 Å². The van der Waals surface area contributed by atoms with Gasteiger partial charge in [-0.15, -0.1) is 0 Å². The summed E-state index contributed by atoms with van der Waals surface area (Å²) in [5.74, 6) is -0.526. The first kappa shape index (κ1) is 13.9. The lowest BCUT2D eigenvalue weighted by Crippen LogP contribution is -2.40. The number of hydrogen-bond acceptors (Lipinski definition) is 6. The summed E-state index contributed by atoms with van der Waals surface area (Å²) in [4.78, 5) is 22.1. The Balaban J connectivity index is 2.29. The van der Waals surface area contributed by atoms with Crippen molar-refractivity contribution < 1.29 is 14.5 Å². The van der Waals surface area contributed by atoms with Gasteiger partial charge in [-0.1, -0.05) is 18.7 Å². The molecule has 0 saturated carbocycles. The number of nitro groups is 1. The topological polar surface area (TPSA) is 94.2 Å². The van der Waals surface area contributed by atoms with E-state index in [-0.39, 0.29) is 18.7 Å². The summed E-state index contributed by atoms with van der Waals surface area (Å²) < 4.78 is 4.78. The van der Waals surface area contributed by atoms with E-state index >= 15 is 0 Å². The highest BCUT2D eigenvalue weighted by molar-refractivity contribution is 5.86. The molecule has 1 aliphatic rings. The van der Waals surface area contributed by atoms with E-state index in [0.717, 1.165) is 5.56 Å². The lowest BCUT2D eigenvalue weighted by Gasteiger charge is -2.22. The van der Waals surface area contributed by atoms with Gasteiger partial charge in [0.2, 0.25) is 5.54 Å². The van der Waals surface area contributed by atoms with Crippen LogP contribution in [0, 0.1) is 10.1 Å². The third-order valence-electron chi connectivity index (χ3n) is 3.22. The predicted molar refractivity (Wildman–Crippen MR) is 70.4 cm³/mol. The molecule has 0 saturated heterocycles. The van der Waals surface area contributed by atoms with Gasteiger partial charge < -0.3 is 4.74 Å². The van der Waals surface area contributed by atoms with Crippen LogP contribution in [0.4, 0.5) is 5.69 Å². The van der Waals surface area contributed by atoms with Gasteiger partial charge in [0.1, 0.15) is 0 Å². The molecule has 1 atom stereocenters. The third-order valence-corrected chi connectivity index (χ3v) is 3.22. The van der Waals surface area contributed by atoms with Crippen LogP contribution in [0.25, 0.3) is 0 Å². The van der Waals surface area contributed by atoms with Crippen LogP contribution in [0.1, 0.15) is 5.56 Å². The zero-order valence-electron chi connectivity index (χ0n) is 10.9. The van der Waals surface area contributed by atoms with Crippen LogP contribution in [-0.4, -0.2) is 30.1 Å². The van der Waals surface area contributed by atoms with E-state index in [1.54, 1.807) is 12.1 Å². The monoisotopic (exact) mass is 275 g/mol. The van der Waals surface area contributed by atoms with Gasteiger partial charge in [-0.2, -0.15) is 10.2 Å². The number of hydrogen-bond donors (Lipinski definition) is 0. The number of carbonyl (C=O) groups excluding carboxylic acids is 1. The summed E-state index contributed by atoms with van der Waals surface area (Å²) >= 11 is 0. The first-order valence-corrected chi connectivity index (χ1v) is 5.88. The minimum Gasteiger partial charge on any atom is -0.467 e.